The van der Waals surface area contributed by atoms with Crippen molar-refractivity contribution in [1.29, 1.82) is 0 Å². The summed E-state index contributed by atoms with van der Waals surface area (Å²) in [6.07, 6.45) is 10.6. The van der Waals surface area contributed by atoms with Gasteiger partial charge in [-0.25, -0.2) is 0 Å². The summed E-state index contributed by atoms with van der Waals surface area (Å²) in [6.45, 7) is 14.8. The van der Waals surface area contributed by atoms with Crippen LogP contribution in [0.15, 0.2) is 0 Å². The Morgan fingerprint density at radius 3 is 1.81 bits per heavy atom. The Morgan fingerprint density at radius 2 is 1.24 bits per heavy atom. The molecule has 0 bridgehead atoms. The molecule has 0 spiro atoms. The first-order valence-corrected chi connectivity index (χ1v) is 9.90. The number of hydrogen-bond acceptors (Lipinski definition) is 0. The zero-order valence-corrected chi connectivity index (χ0v) is 15.6. The first kappa shape index (κ1) is 17.4. The fraction of sp³-hybridized carbons (Fsp3) is 1.00. The van der Waals surface area contributed by atoms with Gasteiger partial charge in [0.25, 0.3) is 0 Å². The Kier molecular flexibility index (Phi) is 6.21. The summed E-state index contributed by atoms with van der Waals surface area (Å²) < 4.78 is 0. The molecule has 0 aromatic rings. The third kappa shape index (κ3) is 4.26. The van der Waals surface area contributed by atoms with Crippen molar-refractivity contribution in [2.45, 2.75) is 86.5 Å². The van der Waals surface area contributed by atoms with Crippen LogP contribution in [0.2, 0.25) is 0 Å². The lowest BCUT2D eigenvalue weighted by Crippen LogP contribution is -2.37. The maximum absolute atomic E-state index is 2.49. The minimum absolute atomic E-state index is 0.885. The van der Waals surface area contributed by atoms with Crippen molar-refractivity contribution in [3.8, 4) is 0 Å². The zero-order valence-electron chi connectivity index (χ0n) is 15.6. The van der Waals surface area contributed by atoms with Crippen LogP contribution in [0.1, 0.15) is 86.5 Å². The largest absolute Gasteiger partial charge is 0.0625 e. The van der Waals surface area contributed by atoms with Gasteiger partial charge in [0, 0.05) is 0 Å². The summed E-state index contributed by atoms with van der Waals surface area (Å²) in [4.78, 5) is 0. The summed E-state index contributed by atoms with van der Waals surface area (Å²) in [5.41, 5.74) is 0. The first-order valence-electron chi connectivity index (χ1n) is 9.90. The second-order valence-electron chi connectivity index (χ2n) is 9.32. The molecule has 0 aromatic carbocycles. The van der Waals surface area contributed by atoms with Crippen LogP contribution < -0.4 is 0 Å². The molecule has 2 fully saturated rings. The van der Waals surface area contributed by atoms with E-state index in [-0.39, 0.29) is 0 Å². The van der Waals surface area contributed by atoms with Crippen LogP contribution >= 0.6 is 0 Å². The van der Waals surface area contributed by atoms with Crippen molar-refractivity contribution in [1.82, 2.24) is 0 Å². The monoisotopic (exact) mass is 292 g/mol. The van der Waals surface area contributed by atoms with Crippen LogP contribution in [-0.4, -0.2) is 0 Å². The molecule has 0 aromatic heterocycles. The van der Waals surface area contributed by atoms with Crippen molar-refractivity contribution in [3.05, 3.63) is 0 Å². The van der Waals surface area contributed by atoms with Crippen LogP contribution in [0, 0.1) is 47.3 Å². The van der Waals surface area contributed by atoms with Crippen molar-refractivity contribution < 1.29 is 0 Å². The van der Waals surface area contributed by atoms with E-state index in [0.29, 0.717) is 0 Å². The minimum Gasteiger partial charge on any atom is -0.0625 e. The van der Waals surface area contributed by atoms with Gasteiger partial charge < -0.3 is 0 Å². The first-order chi connectivity index (χ1) is 9.90. The highest BCUT2D eigenvalue weighted by atomic mass is 14.4. The molecule has 5 unspecified atom stereocenters. The molecule has 2 aliphatic rings. The molecule has 0 N–H and O–H groups in total. The average Bonchev–Trinajstić information content (AvgIpc) is 2.46. The van der Waals surface area contributed by atoms with E-state index in [9.17, 15) is 0 Å². The molecule has 0 radical (unpaired) electrons. The SMILES string of the molecule is CC(C)C1CCCC(C2CCC(C(C)C)CC2C(C)C)C1. The van der Waals surface area contributed by atoms with Gasteiger partial charge in [0.2, 0.25) is 0 Å². The lowest BCUT2D eigenvalue weighted by molar-refractivity contribution is 0.0397. The van der Waals surface area contributed by atoms with Crippen molar-refractivity contribution in [2.24, 2.45) is 47.3 Å². The molecule has 5 atom stereocenters. The summed E-state index contributed by atoms with van der Waals surface area (Å²) in [6, 6.07) is 0. The normalized spacial score (nSPS) is 38.4. The molecule has 2 aliphatic carbocycles. The van der Waals surface area contributed by atoms with Crippen molar-refractivity contribution in [3.63, 3.8) is 0 Å². The third-order valence-electron chi connectivity index (χ3n) is 7.10. The lowest BCUT2D eigenvalue weighted by atomic mass is 9.59. The third-order valence-corrected chi connectivity index (χ3v) is 7.10. The van der Waals surface area contributed by atoms with E-state index in [1.165, 1.54) is 44.9 Å². The summed E-state index contributed by atoms with van der Waals surface area (Å²) in [7, 11) is 0. The van der Waals surface area contributed by atoms with Gasteiger partial charge in [-0.05, 0) is 73.0 Å². The molecule has 0 nitrogen and oxygen atoms in total. The highest BCUT2D eigenvalue weighted by Crippen LogP contribution is 2.49. The van der Waals surface area contributed by atoms with E-state index in [1.54, 1.807) is 0 Å². The van der Waals surface area contributed by atoms with Gasteiger partial charge in [-0.1, -0.05) is 60.8 Å². The van der Waals surface area contributed by atoms with Crippen LogP contribution in [0.4, 0.5) is 0 Å². The fourth-order valence-electron chi connectivity index (χ4n) is 5.48. The molecule has 2 saturated carbocycles. The predicted octanol–water partition coefficient (Wildman–Crippen LogP) is 6.79. The Balaban J connectivity index is 2.03. The van der Waals surface area contributed by atoms with Crippen molar-refractivity contribution >= 4 is 0 Å². The standard InChI is InChI=1S/C21H40/c1-14(2)17-8-7-9-19(12-17)20-11-10-18(15(3)4)13-21(20)16(5)6/h14-21H,7-13H2,1-6H3. The Hall–Kier alpha value is 0. The molecule has 0 saturated heterocycles. The van der Waals surface area contributed by atoms with E-state index in [4.69, 9.17) is 0 Å². The quantitative estimate of drug-likeness (QED) is 0.535. The average molecular weight is 293 g/mol. The molecular formula is C21H40. The van der Waals surface area contributed by atoms with Crippen LogP contribution in [0.25, 0.3) is 0 Å². The van der Waals surface area contributed by atoms with Gasteiger partial charge in [-0.3, -0.25) is 0 Å². The molecule has 0 heteroatoms. The molecule has 21 heavy (non-hydrogen) atoms. The maximum Gasteiger partial charge on any atom is -0.0355 e. The van der Waals surface area contributed by atoms with Gasteiger partial charge in [-0.2, -0.15) is 0 Å². The van der Waals surface area contributed by atoms with E-state index >= 15 is 0 Å². The predicted molar refractivity (Wildman–Crippen MR) is 94.3 cm³/mol. The number of hydrogen-bond donors (Lipinski definition) is 0. The van der Waals surface area contributed by atoms with Gasteiger partial charge in [0.05, 0.1) is 0 Å². The molecule has 124 valence electrons. The summed E-state index contributed by atoms with van der Waals surface area (Å²) in [5.74, 6) is 7.78. The van der Waals surface area contributed by atoms with Gasteiger partial charge in [-0.15, -0.1) is 0 Å². The lowest BCUT2D eigenvalue weighted by Gasteiger charge is -2.46. The maximum atomic E-state index is 2.49. The smallest absolute Gasteiger partial charge is 0.0355 e. The second kappa shape index (κ2) is 7.51. The van der Waals surface area contributed by atoms with Crippen molar-refractivity contribution in [2.75, 3.05) is 0 Å². The molecule has 0 heterocycles. The topological polar surface area (TPSA) is 0 Å². The van der Waals surface area contributed by atoms with E-state index in [1.807, 2.05) is 0 Å². The Labute approximate surface area is 134 Å². The minimum atomic E-state index is 0.885. The Morgan fingerprint density at radius 1 is 0.619 bits per heavy atom. The van der Waals surface area contributed by atoms with Crippen LogP contribution in [0.5, 0.6) is 0 Å². The molecule has 2 rings (SSSR count). The summed E-state index contributed by atoms with van der Waals surface area (Å²) in [5, 5.41) is 0. The summed E-state index contributed by atoms with van der Waals surface area (Å²) >= 11 is 0. The van der Waals surface area contributed by atoms with Crippen LogP contribution in [0.3, 0.4) is 0 Å². The number of rotatable bonds is 4. The van der Waals surface area contributed by atoms with Gasteiger partial charge >= 0.3 is 0 Å². The van der Waals surface area contributed by atoms with Gasteiger partial charge in [0.15, 0.2) is 0 Å². The zero-order chi connectivity index (χ0) is 15.6. The van der Waals surface area contributed by atoms with E-state index in [2.05, 4.69) is 41.5 Å². The fourth-order valence-corrected chi connectivity index (χ4v) is 5.48. The van der Waals surface area contributed by atoms with E-state index in [0.717, 1.165) is 47.3 Å². The van der Waals surface area contributed by atoms with E-state index < -0.39 is 0 Å². The van der Waals surface area contributed by atoms with Crippen LogP contribution in [-0.2, 0) is 0 Å². The molecule has 0 aliphatic heterocycles. The molecule has 0 amide bonds. The Bertz CT molecular complexity index is 301. The van der Waals surface area contributed by atoms with Gasteiger partial charge in [0.1, 0.15) is 0 Å². The second-order valence-corrected chi connectivity index (χ2v) is 9.32. The highest BCUT2D eigenvalue weighted by Gasteiger charge is 2.39. The molecular weight excluding hydrogens is 252 g/mol. The highest BCUT2D eigenvalue weighted by molar-refractivity contribution is 4.89.